The Morgan fingerprint density at radius 1 is 1.44 bits per heavy atom. The lowest BCUT2D eigenvalue weighted by Gasteiger charge is -2.23. The molecule has 3 heteroatoms. The van der Waals surface area contributed by atoms with Gasteiger partial charge in [0.15, 0.2) is 0 Å². The van der Waals surface area contributed by atoms with E-state index in [1.165, 1.54) is 12.5 Å². The highest BCUT2D eigenvalue weighted by atomic mass is 19.1. The van der Waals surface area contributed by atoms with E-state index >= 15 is 0 Å². The van der Waals surface area contributed by atoms with Crippen molar-refractivity contribution in [3.05, 3.63) is 29.6 Å². The number of halogens is 1. The summed E-state index contributed by atoms with van der Waals surface area (Å²) >= 11 is 0. The van der Waals surface area contributed by atoms with Crippen LogP contribution in [0, 0.1) is 12.7 Å². The molecule has 1 saturated heterocycles. The minimum atomic E-state index is -0.158. The second kappa shape index (κ2) is 5.30. The first-order valence-corrected chi connectivity index (χ1v) is 5.88. The maximum atomic E-state index is 13.3. The van der Waals surface area contributed by atoms with Gasteiger partial charge in [0.2, 0.25) is 0 Å². The first-order valence-electron chi connectivity index (χ1n) is 5.88. The maximum Gasteiger partial charge on any atom is 0.128 e. The monoisotopic (exact) mass is 223 g/mol. The molecule has 1 heterocycles. The summed E-state index contributed by atoms with van der Waals surface area (Å²) in [6.45, 7) is 3.41. The Morgan fingerprint density at radius 2 is 2.31 bits per heavy atom. The standard InChI is InChI=1S/C13H18FNO/c1-10-12(14)6-4-7-13(10)15-9-11-5-2-3-8-16-11/h4,6-7,11,15H,2-3,5,8-9H2,1H3. The lowest BCUT2D eigenvalue weighted by atomic mass is 10.1. The van der Waals surface area contributed by atoms with Gasteiger partial charge < -0.3 is 10.1 Å². The van der Waals surface area contributed by atoms with E-state index in [0.717, 1.165) is 31.7 Å². The topological polar surface area (TPSA) is 21.3 Å². The first-order chi connectivity index (χ1) is 7.77. The molecule has 2 nitrogen and oxygen atoms in total. The number of benzene rings is 1. The lowest BCUT2D eigenvalue weighted by molar-refractivity contribution is 0.0247. The molecular formula is C13H18FNO. The number of ether oxygens (including phenoxy) is 1. The zero-order valence-corrected chi connectivity index (χ0v) is 9.63. The number of hydrogen-bond donors (Lipinski definition) is 1. The van der Waals surface area contributed by atoms with E-state index in [2.05, 4.69) is 5.32 Å². The fourth-order valence-electron chi connectivity index (χ4n) is 1.99. The molecule has 0 saturated carbocycles. The highest BCUT2D eigenvalue weighted by Gasteiger charge is 2.13. The zero-order chi connectivity index (χ0) is 11.4. The van der Waals surface area contributed by atoms with Crippen molar-refractivity contribution in [2.24, 2.45) is 0 Å². The normalized spacial score (nSPS) is 20.8. The Morgan fingerprint density at radius 3 is 3.06 bits per heavy atom. The molecule has 1 aliphatic heterocycles. The SMILES string of the molecule is Cc1c(F)cccc1NCC1CCCCO1. The second-order valence-corrected chi connectivity index (χ2v) is 4.28. The van der Waals surface area contributed by atoms with Crippen molar-refractivity contribution >= 4 is 5.69 Å². The van der Waals surface area contributed by atoms with Gasteiger partial charge in [0, 0.05) is 24.4 Å². The molecule has 1 aromatic carbocycles. The van der Waals surface area contributed by atoms with Crippen molar-refractivity contribution in [3.63, 3.8) is 0 Å². The largest absolute Gasteiger partial charge is 0.382 e. The summed E-state index contributed by atoms with van der Waals surface area (Å²) in [5.41, 5.74) is 1.55. The van der Waals surface area contributed by atoms with Crippen LogP contribution in [-0.4, -0.2) is 19.3 Å². The number of hydrogen-bond acceptors (Lipinski definition) is 2. The Hall–Kier alpha value is -1.09. The van der Waals surface area contributed by atoms with Crippen molar-refractivity contribution in [3.8, 4) is 0 Å². The minimum absolute atomic E-state index is 0.158. The van der Waals surface area contributed by atoms with E-state index in [9.17, 15) is 4.39 Å². The summed E-state index contributed by atoms with van der Waals surface area (Å²) in [7, 11) is 0. The van der Waals surface area contributed by atoms with Crippen LogP contribution in [0.2, 0.25) is 0 Å². The molecular weight excluding hydrogens is 205 g/mol. The van der Waals surface area contributed by atoms with Gasteiger partial charge in [0.25, 0.3) is 0 Å². The molecule has 0 aliphatic carbocycles. The smallest absolute Gasteiger partial charge is 0.128 e. The van der Waals surface area contributed by atoms with Gasteiger partial charge in [-0.3, -0.25) is 0 Å². The Bertz CT molecular complexity index is 348. The molecule has 88 valence electrons. The Balaban J connectivity index is 1.91. The van der Waals surface area contributed by atoms with E-state index in [1.807, 2.05) is 6.07 Å². The predicted molar refractivity (Wildman–Crippen MR) is 63.2 cm³/mol. The van der Waals surface area contributed by atoms with Crippen LogP contribution in [-0.2, 0) is 4.74 Å². The molecule has 1 fully saturated rings. The number of nitrogens with one attached hydrogen (secondary N) is 1. The van der Waals surface area contributed by atoms with Crippen LogP contribution < -0.4 is 5.32 Å². The predicted octanol–water partition coefficient (Wildman–Crippen LogP) is 3.12. The van der Waals surface area contributed by atoms with Crippen molar-refractivity contribution < 1.29 is 9.13 Å². The van der Waals surface area contributed by atoms with E-state index in [4.69, 9.17) is 4.74 Å². The van der Waals surface area contributed by atoms with Gasteiger partial charge in [-0.15, -0.1) is 0 Å². The van der Waals surface area contributed by atoms with Gasteiger partial charge in [-0.2, -0.15) is 0 Å². The van der Waals surface area contributed by atoms with Gasteiger partial charge in [-0.1, -0.05) is 6.07 Å². The molecule has 1 aromatic rings. The summed E-state index contributed by atoms with van der Waals surface area (Å²) in [5.74, 6) is -0.158. The van der Waals surface area contributed by atoms with Crippen LogP contribution in [0.1, 0.15) is 24.8 Å². The average Bonchev–Trinajstić information content (AvgIpc) is 2.32. The van der Waals surface area contributed by atoms with Crippen molar-refractivity contribution in [2.75, 3.05) is 18.5 Å². The van der Waals surface area contributed by atoms with Gasteiger partial charge in [-0.25, -0.2) is 4.39 Å². The number of rotatable bonds is 3. The summed E-state index contributed by atoms with van der Waals surface area (Å²) in [5, 5.41) is 3.26. The molecule has 1 unspecified atom stereocenters. The highest BCUT2D eigenvalue weighted by molar-refractivity contribution is 5.50. The molecule has 16 heavy (non-hydrogen) atoms. The average molecular weight is 223 g/mol. The summed E-state index contributed by atoms with van der Waals surface area (Å²) in [6.07, 6.45) is 3.77. The molecule has 0 bridgehead atoms. The minimum Gasteiger partial charge on any atom is -0.382 e. The molecule has 0 aromatic heterocycles. The molecule has 2 rings (SSSR count). The van der Waals surface area contributed by atoms with Gasteiger partial charge >= 0.3 is 0 Å². The van der Waals surface area contributed by atoms with Gasteiger partial charge in [-0.05, 0) is 38.3 Å². The maximum absolute atomic E-state index is 13.3. The fourth-order valence-corrected chi connectivity index (χ4v) is 1.99. The van der Waals surface area contributed by atoms with Crippen molar-refractivity contribution in [2.45, 2.75) is 32.3 Å². The fraction of sp³-hybridized carbons (Fsp3) is 0.538. The van der Waals surface area contributed by atoms with Crippen molar-refractivity contribution in [1.82, 2.24) is 0 Å². The van der Waals surface area contributed by atoms with E-state index in [1.54, 1.807) is 13.0 Å². The Labute approximate surface area is 95.8 Å². The second-order valence-electron chi connectivity index (χ2n) is 4.28. The van der Waals surface area contributed by atoms with Crippen LogP contribution in [0.5, 0.6) is 0 Å². The highest BCUT2D eigenvalue weighted by Crippen LogP contribution is 2.19. The van der Waals surface area contributed by atoms with Crippen LogP contribution in [0.15, 0.2) is 18.2 Å². The quantitative estimate of drug-likeness (QED) is 0.850. The van der Waals surface area contributed by atoms with E-state index < -0.39 is 0 Å². The third kappa shape index (κ3) is 2.73. The summed E-state index contributed by atoms with van der Waals surface area (Å²) < 4.78 is 18.9. The van der Waals surface area contributed by atoms with Crippen molar-refractivity contribution in [1.29, 1.82) is 0 Å². The lowest BCUT2D eigenvalue weighted by Crippen LogP contribution is -2.27. The van der Waals surface area contributed by atoms with Crippen LogP contribution >= 0.6 is 0 Å². The molecule has 0 radical (unpaired) electrons. The van der Waals surface area contributed by atoms with Crippen LogP contribution in [0.25, 0.3) is 0 Å². The Kier molecular flexibility index (Phi) is 3.78. The molecule has 0 spiro atoms. The molecule has 1 aliphatic rings. The summed E-state index contributed by atoms with van der Waals surface area (Å²) in [4.78, 5) is 0. The van der Waals surface area contributed by atoms with E-state index in [-0.39, 0.29) is 11.9 Å². The van der Waals surface area contributed by atoms with Crippen LogP contribution in [0.4, 0.5) is 10.1 Å². The van der Waals surface area contributed by atoms with Gasteiger partial charge in [0.05, 0.1) is 6.10 Å². The molecule has 1 N–H and O–H groups in total. The third-order valence-electron chi connectivity index (χ3n) is 3.06. The molecule has 1 atom stereocenters. The van der Waals surface area contributed by atoms with Gasteiger partial charge in [0.1, 0.15) is 5.82 Å². The molecule has 0 amide bonds. The zero-order valence-electron chi connectivity index (χ0n) is 9.63. The number of anilines is 1. The first kappa shape index (κ1) is 11.4. The third-order valence-corrected chi connectivity index (χ3v) is 3.06. The van der Waals surface area contributed by atoms with E-state index in [0.29, 0.717) is 5.56 Å². The van der Waals surface area contributed by atoms with Crippen LogP contribution in [0.3, 0.4) is 0 Å². The summed E-state index contributed by atoms with van der Waals surface area (Å²) in [6, 6.07) is 5.12.